The molecule has 1 atom stereocenters. The summed E-state index contributed by atoms with van der Waals surface area (Å²) in [6.07, 6.45) is 6.15. The molecular formula is C13H18N2O3S. The summed E-state index contributed by atoms with van der Waals surface area (Å²) in [4.78, 5) is 0.0190. The Balaban J connectivity index is 3.13. The van der Waals surface area contributed by atoms with Gasteiger partial charge in [0.05, 0.1) is 7.11 Å². The first-order valence-corrected chi connectivity index (χ1v) is 7.32. The molecule has 0 bridgehead atoms. The standard InChI is InChI=1S/C13H18N2O3S/c1-4-6-11(5-2)15-19(16,17)13-9-10(14)7-8-12(13)18-3/h1,7-9,11,15H,5-6,14H2,2-3H3. The molecule has 0 radical (unpaired) electrons. The summed E-state index contributed by atoms with van der Waals surface area (Å²) in [5.74, 6) is 2.70. The molecule has 19 heavy (non-hydrogen) atoms. The van der Waals surface area contributed by atoms with E-state index >= 15 is 0 Å². The molecule has 0 amide bonds. The van der Waals surface area contributed by atoms with Crippen LogP contribution in [0.15, 0.2) is 23.1 Å². The zero-order valence-electron chi connectivity index (χ0n) is 11.0. The molecule has 1 rings (SSSR count). The number of hydrogen-bond acceptors (Lipinski definition) is 4. The van der Waals surface area contributed by atoms with Crippen LogP contribution in [-0.4, -0.2) is 21.6 Å². The first-order chi connectivity index (χ1) is 8.94. The molecule has 0 saturated carbocycles. The summed E-state index contributed by atoms with van der Waals surface area (Å²) < 4.78 is 32.2. The average molecular weight is 282 g/mol. The molecule has 0 saturated heterocycles. The second kappa shape index (κ2) is 6.45. The van der Waals surface area contributed by atoms with Gasteiger partial charge in [-0.2, -0.15) is 0 Å². The number of rotatable bonds is 6. The minimum absolute atomic E-state index is 0.0190. The second-order valence-corrected chi connectivity index (χ2v) is 5.73. The van der Waals surface area contributed by atoms with Crippen LogP contribution in [-0.2, 0) is 10.0 Å². The smallest absolute Gasteiger partial charge is 0.244 e. The van der Waals surface area contributed by atoms with Crippen molar-refractivity contribution in [2.24, 2.45) is 0 Å². The SMILES string of the molecule is C#CCC(CC)NS(=O)(=O)c1cc(N)ccc1OC. The van der Waals surface area contributed by atoms with Crippen molar-refractivity contribution in [3.63, 3.8) is 0 Å². The highest BCUT2D eigenvalue weighted by Gasteiger charge is 2.22. The summed E-state index contributed by atoms with van der Waals surface area (Å²) in [7, 11) is -2.30. The lowest BCUT2D eigenvalue weighted by atomic mass is 10.2. The van der Waals surface area contributed by atoms with Gasteiger partial charge in [0.2, 0.25) is 10.0 Å². The van der Waals surface area contributed by atoms with Gasteiger partial charge in [-0.05, 0) is 24.6 Å². The monoisotopic (exact) mass is 282 g/mol. The number of anilines is 1. The van der Waals surface area contributed by atoms with E-state index < -0.39 is 10.0 Å². The summed E-state index contributed by atoms with van der Waals surface area (Å²) in [5.41, 5.74) is 5.97. The number of methoxy groups -OCH3 is 1. The van der Waals surface area contributed by atoms with Crippen LogP contribution in [0.5, 0.6) is 5.75 Å². The highest BCUT2D eigenvalue weighted by molar-refractivity contribution is 7.89. The summed E-state index contributed by atoms with van der Waals surface area (Å²) >= 11 is 0. The molecule has 5 nitrogen and oxygen atoms in total. The Labute approximate surface area is 114 Å². The van der Waals surface area contributed by atoms with Crippen LogP contribution in [0.4, 0.5) is 5.69 Å². The maximum atomic E-state index is 12.3. The number of ether oxygens (including phenoxy) is 1. The van der Waals surface area contributed by atoms with Crippen molar-refractivity contribution in [2.45, 2.75) is 30.7 Å². The topological polar surface area (TPSA) is 81.4 Å². The second-order valence-electron chi connectivity index (χ2n) is 4.05. The minimum atomic E-state index is -3.71. The molecule has 0 heterocycles. The molecular weight excluding hydrogens is 264 g/mol. The van der Waals surface area contributed by atoms with Crippen molar-refractivity contribution >= 4 is 15.7 Å². The van der Waals surface area contributed by atoms with E-state index in [0.717, 1.165) is 0 Å². The molecule has 1 unspecified atom stereocenters. The summed E-state index contributed by atoms with van der Waals surface area (Å²) in [6, 6.07) is 4.16. The molecule has 0 aliphatic carbocycles. The molecule has 0 spiro atoms. The van der Waals surface area contributed by atoms with Crippen molar-refractivity contribution < 1.29 is 13.2 Å². The van der Waals surface area contributed by atoms with E-state index in [1.165, 1.54) is 19.2 Å². The van der Waals surface area contributed by atoms with Crippen LogP contribution in [0, 0.1) is 12.3 Å². The highest BCUT2D eigenvalue weighted by atomic mass is 32.2. The molecule has 0 aliphatic rings. The normalized spacial score (nSPS) is 12.7. The van der Waals surface area contributed by atoms with Crippen LogP contribution < -0.4 is 15.2 Å². The number of sulfonamides is 1. The van der Waals surface area contributed by atoms with E-state index in [1.807, 2.05) is 6.92 Å². The highest BCUT2D eigenvalue weighted by Crippen LogP contribution is 2.26. The third-order valence-electron chi connectivity index (χ3n) is 2.66. The van der Waals surface area contributed by atoms with E-state index in [9.17, 15) is 8.42 Å². The number of benzene rings is 1. The number of hydrogen-bond donors (Lipinski definition) is 2. The molecule has 3 N–H and O–H groups in total. The molecule has 1 aromatic rings. The zero-order chi connectivity index (χ0) is 14.5. The summed E-state index contributed by atoms with van der Waals surface area (Å²) in [5, 5.41) is 0. The molecule has 104 valence electrons. The zero-order valence-corrected chi connectivity index (χ0v) is 11.8. The Morgan fingerprint density at radius 2 is 2.21 bits per heavy atom. The van der Waals surface area contributed by atoms with E-state index in [2.05, 4.69) is 10.6 Å². The van der Waals surface area contributed by atoms with Crippen LogP contribution in [0.25, 0.3) is 0 Å². The van der Waals surface area contributed by atoms with Crippen molar-refractivity contribution in [2.75, 3.05) is 12.8 Å². The third-order valence-corrected chi connectivity index (χ3v) is 4.20. The maximum Gasteiger partial charge on any atom is 0.244 e. The van der Waals surface area contributed by atoms with Crippen LogP contribution >= 0.6 is 0 Å². The first-order valence-electron chi connectivity index (χ1n) is 5.84. The van der Waals surface area contributed by atoms with Gasteiger partial charge in [-0.15, -0.1) is 12.3 Å². The molecule has 0 aromatic heterocycles. The fourth-order valence-electron chi connectivity index (χ4n) is 1.60. The van der Waals surface area contributed by atoms with Gasteiger partial charge in [0.1, 0.15) is 10.6 Å². The fourth-order valence-corrected chi connectivity index (χ4v) is 3.12. The van der Waals surface area contributed by atoms with Crippen LogP contribution in [0.2, 0.25) is 0 Å². The lowest BCUT2D eigenvalue weighted by Crippen LogP contribution is -2.34. The lowest BCUT2D eigenvalue weighted by molar-refractivity contribution is 0.402. The van der Waals surface area contributed by atoms with Gasteiger partial charge in [-0.1, -0.05) is 6.92 Å². The largest absolute Gasteiger partial charge is 0.495 e. The number of nitrogen functional groups attached to an aromatic ring is 1. The number of terminal acetylenes is 1. The molecule has 6 heteroatoms. The number of nitrogens with two attached hydrogens (primary N) is 1. The van der Waals surface area contributed by atoms with Gasteiger partial charge >= 0.3 is 0 Å². The molecule has 1 aromatic carbocycles. The summed E-state index contributed by atoms with van der Waals surface area (Å²) in [6.45, 7) is 1.86. The lowest BCUT2D eigenvalue weighted by Gasteiger charge is -2.16. The number of nitrogens with one attached hydrogen (secondary N) is 1. The Hall–Kier alpha value is -1.71. The molecule has 0 aliphatic heterocycles. The van der Waals surface area contributed by atoms with Crippen molar-refractivity contribution in [1.29, 1.82) is 0 Å². The van der Waals surface area contributed by atoms with Gasteiger partial charge in [0, 0.05) is 18.2 Å². The van der Waals surface area contributed by atoms with Crippen molar-refractivity contribution in [1.82, 2.24) is 4.72 Å². The van der Waals surface area contributed by atoms with Gasteiger partial charge in [-0.3, -0.25) is 0 Å². The van der Waals surface area contributed by atoms with Crippen molar-refractivity contribution in [3.8, 4) is 18.1 Å². The van der Waals surface area contributed by atoms with E-state index in [1.54, 1.807) is 6.07 Å². The minimum Gasteiger partial charge on any atom is -0.495 e. The predicted molar refractivity (Wildman–Crippen MR) is 75.3 cm³/mol. The van der Waals surface area contributed by atoms with Crippen LogP contribution in [0.3, 0.4) is 0 Å². The Morgan fingerprint density at radius 3 is 2.74 bits per heavy atom. The van der Waals surface area contributed by atoms with Gasteiger partial charge in [0.15, 0.2) is 0 Å². The maximum absolute atomic E-state index is 12.3. The first kappa shape index (κ1) is 15.3. The van der Waals surface area contributed by atoms with E-state index in [4.69, 9.17) is 16.9 Å². The van der Waals surface area contributed by atoms with Crippen LogP contribution in [0.1, 0.15) is 19.8 Å². The quantitative estimate of drug-likeness (QED) is 0.609. The molecule has 0 fully saturated rings. The van der Waals surface area contributed by atoms with Gasteiger partial charge < -0.3 is 10.5 Å². The van der Waals surface area contributed by atoms with Crippen molar-refractivity contribution in [3.05, 3.63) is 18.2 Å². The Morgan fingerprint density at radius 1 is 1.53 bits per heavy atom. The van der Waals surface area contributed by atoms with Gasteiger partial charge in [0.25, 0.3) is 0 Å². The Kier molecular flexibility index (Phi) is 5.21. The third kappa shape index (κ3) is 3.88. The predicted octanol–water partition coefficient (Wildman–Crippen LogP) is 1.36. The Bertz CT molecular complexity index is 576. The average Bonchev–Trinajstić information content (AvgIpc) is 2.38. The van der Waals surface area contributed by atoms with Gasteiger partial charge in [-0.25, -0.2) is 13.1 Å². The van der Waals surface area contributed by atoms with E-state index in [-0.39, 0.29) is 16.7 Å². The fraction of sp³-hybridized carbons (Fsp3) is 0.385. The van der Waals surface area contributed by atoms with E-state index in [0.29, 0.717) is 18.5 Å².